The van der Waals surface area contributed by atoms with Crippen molar-refractivity contribution >= 4 is 5.57 Å². The molecule has 0 aliphatic heterocycles. The van der Waals surface area contributed by atoms with E-state index < -0.39 is 0 Å². The SMILES string of the molecule is COc1ccc(C2=CC(C)CCC2)cc1. The average Bonchev–Trinajstić information content (AvgIpc) is 2.29. The third-order valence-corrected chi connectivity index (χ3v) is 3.05. The molecule has 1 aromatic carbocycles. The van der Waals surface area contributed by atoms with Gasteiger partial charge in [-0.05, 0) is 48.4 Å². The van der Waals surface area contributed by atoms with E-state index in [1.807, 2.05) is 12.1 Å². The minimum absolute atomic E-state index is 0.732. The Morgan fingerprint density at radius 2 is 1.93 bits per heavy atom. The largest absolute Gasteiger partial charge is 0.497 e. The zero-order valence-corrected chi connectivity index (χ0v) is 9.49. The van der Waals surface area contributed by atoms with Gasteiger partial charge in [0, 0.05) is 0 Å². The molecule has 0 N–H and O–H groups in total. The van der Waals surface area contributed by atoms with E-state index in [1.165, 1.54) is 30.4 Å². The summed E-state index contributed by atoms with van der Waals surface area (Å²) in [6.45, 7) is 2.29. The van der Waals surface area contributed by atoms with Crippen LogP contribution in [0.1, 0.15) is 31.7 Å². The van der Waals surface area contributed by atoms with Crippen LogP contribution in [0.4, 0.5) is 0 Å². The maximum atomic E-state index is 5.16. The van der Waals surface area contributed by atoms with Crippen molar-refractivity contribution in [3.63, 3.8) is 0 Å². The van der Waals surface area contributed by atoms with Gasteiger partial charge in [-0.3, -0.25) is 0 Å². The summed E-state index contributed by atoms with van der Waals surface area (Å²) in [5.74, 6) is 1.67. The highest BCUT2D eigenvalue weighted by molar-refractivity contribution is 5.66. The van der Waals surface area contributed by atoms with Gasteiger partial charge < -0.3 is 4.74 Å². The van der Waals surface area contributed by atoms with Crippen molar-refractivity contribution in [1.82, 2.24) is 0 Å². The van der Waals surface area contributed by atoms with E-state index in [0.29, 0.717) is 0 Å². The van der Waals surface area contributed by atoms with Gasteiger partial charge >= 0.3 is 0 Å². The van der Waals surface area contributed by atoms with E-state index in [1.54, 1.807) is 7.11 Å². The summed E-state index contributed by atoms with van der Waals surface area (Å²) in [5, 5.41) is 0. The van der Waals surface area contributed by atoms with E-state index in [-0.39, 0.29) is 0 Å². The van der Waals surface area contributed by atoms with Gasteiger partial charge in [-0.1, -0.05) is 25.1 Å². The lowest BCUT2D eigenvalue weighted by molar-refractivity contribution is 0.415. The first-order valence-electron chi connectivity index (χ1n) is 5.64. The summed E-state index contributed by atoms with van der Waals surface area (Å²) in [4.78, 5) is 0. The number of hydrogen-bond acceptors (Lipinski definition) is 1. The van der Waals surface area contributed by atoms with Crippen LogP contribution < -0.4 is 4.74 Å². The average molecular weight is 202 g/mol. The fourth-order valence-electron chi connectivity index (χ4n) is 2.17. The Hall–Kier alpha value is -1.24. The molecule has 0 aromatic heterocycles. The topological polar surface area (TPSA) is 9.23 Å². The highest BCUT2D eigenvalue weighted by atomic mass is 16.5. The zero-order valence-electron chi connectivity index (χ0n) is 9.49. The molecule has 1 heteroatoms. The summed E-state index contributed by atoms with van der Waals surface area (Å²) < 4.78 is 5.16. The van der Waals surface area contributed by atoms with Crippen LogP contribution in [0.5, 0.6) is 5.75 Å². The number of benzene rings is 1. The summed E-state index contributed by atoms with van der Waals surface area (Å²) >= 11 is 0. The predicted octanol–water partition coefficient (Wildman–Crippen LogP) is 3.90. The van der Waals surface area contributed by atoms with E-state index >= 15 is 0 Å². The van der Waals surface area contributed by atoms with Crippen molar-refractivity contribution in [2.75, 3.05) is 7.11 Å². The maximum Gasteiger partial charge on any atom is 0.118 e. The molecule has 0 heterocycles. The highest BCUT2D eigenvalue weighted by Gasteiger charge is 2.10. The third-order valence-electron chi connectivity index (χ3n) is 3.05. The maximum absolute atomic E-state index is 5.16. The Bertz CT molecular complexity index is 348. The van der Waals surface area contributed by atoms with Crippen LogP contribution in [-0.4, -0.2) is 7.11 Å². The number of allylic oxidation sites excluding steroid dienone is 2. The second-order valence-corrected chi connectivity index (χ2v) is 4.29. The monoisotopic (exact) mass is 202 g/mol. The van der Waals surface area contributed by atoms with Crippen LogP contribution in [0.25, 0.3) is 5.57 Å². The summed E-state index contributed by atoms with van der Waals surface area (Å²) in [7, 11) is 1.71. The Labute approximate surface area is 91.8 Å². The smallest absolute Gasteiger partial charge is 0.118 e. The van der Waals surface area contributed by atoms with Crippen LogP contribution in [0.15, 0.2) is 30.3 Å². The van der Waals surface area contributed by atoms with Gasteiger partial charge in [-0.15, -0.1) is 0 Å². The lowest BCUT2D eigenvalue weighted by Crippen LogP contribution is -2.00. The first kappa shape index (κ1) is 10.3. The zero-order chi connectivity index (χ0) is 10.7. The molecular weight excluding hydrogens is 184 g/mol. The van der Waals surface area contributed by atoms with E-state index in [2.05, 4.69) is 25.1 Å². The Kier molecular flexibility index (Phi) is 3.10. The van der Waals surface area contributed by atoms with Gasteiger partial charge in [0.2, 0.25) is 0 Å². The number of ether oxygens (including phenoxy) is 1. The van der Waals surface area contributed by atoms with Crippen molar-refractivity contribution < 1.29 is 4.74 Å². The molecule has 1 aliphatic carbocycles. The molecule has 1 aromatic rings. The van der Waals surface area contributed by atoms with Gasteiger partial charge in [0.25, 0.3) is 0 Å². The molecule has 0 radical (unpaired) electrons. The molecule has 80 valence electrons. The van der Waals surface area contributed by atoms with Crippen LogP contribution in [-0.2, 0) is 0 Å². The van der Waals surface area contributed by atoms with E-state index in [4.69, 9.17) is 4.74 Å². The minimum Gasteiger partial charge on any atom is -0.497 e. The van der Waals surface area contributed by atoms with Gasteiger partial charge in [-0.25, -0.2) is 0 Å². The molecule has 15 heavy (non-hydrogen) atoms. The number of methoxy groups -OCH3 is 1. The van der Waals surface area contributed by atoms with Crippen LogP contribution >= 0.6 is 0 Å². The summed E-state index contributed by atoms with van der Waals surface area (Å²) in [6.07, 6.45) is 6.28. The van der Waals surface area contributed by atoms with E-state index in [0.717, 1.165) is 11.7 Å². The summed E-state index contributed by atoms with van der Waals surface area (Å²) in [6, 6.07) is 8.39. The van der Waals surface area contributed by atoms with Crippen molar-refractivity contribution in [1.29, 1.82) is 0 Å². The second-order valence-electron chi connectivity index (χ2n) is 4.29. The summed E-state index contributed by atoms with van der Waals surface area (Å²) in [5.41, 5.74) is 2.85. The first-order valence-corrected chi connectivity index (χ1v) is 5.64. The molecule has 2 rings (SSSR count). The first-order chi connectivity index (χ1) is 7.29. The van der Waals surface area contributed by atoms with Crippen molar-refractivity contribution in [2.24, 2.45) is 5.92 Å². The molecule has 1 aliphatic rings. The fourth-order valence-corrected chi connectivity index (χ4v) is 2.17. The standard InChI is InChI=1S/C14H18O/c1-11-4-3-5-13(10-11)12-6-8-14(15-2)9-7-12/h6-11H,3-5H2,1-2H3. The molecule has 0 bridgehead atoms. The Morgan fingerprint density at radius 3 is 2.53 bits per heavy atom. The van der Waals surface area contributed by atoms with Crippen LogP contribution in [0, 0.1) is 5.92 Å². The quantitative estimate of drug-likeness (QED) is 0.706. The number of hydrogen-bond donors (Lipinski definition) is 0. The van der Waals surface area contributed by atoms with Crippen molar-refractivity contribution in [3.05, 3.63) is 35.9 Å². The molecule has 0 fully saturated rings. The van der Waals surface area contributed by atoms with Crippen LogP contribution in [0.3, 0.4) is 0 Å². The molecule has 1 unspecified atom stereocenters. The Morgan fingerprint density at radius 1 is 1.20 bits per heavy atom. The van der Waals surface area contributed by atoms with Crippen LogP contribution in [0.2, 0.25) is 0 Å². The lowest BCUT2D eigenvalue weighted by atomic mass is 9.88. The minimum atomic E-state index is 0.732. The predicted molar refractivity (Wildman–Crippen MR) is 64.0 cm³/mol. The van der Waals surface area contributed by atoms with Gasteiger partial charge in [0.15, 0.2) is 0 Å². The van der Waals surface area contributed by atoms with Gasteiger partial charge in [-0.2, -0.15) is 0 Å². The molecular formula is C14H18O. The van der Waals surface area contributed by atoms with Gasteiger partial charge in [0.1, 0.15) is 5.75 Å². The second kappa shape index (κ2) is 4.52. The molecule has 1 nitrogen and oxygen atoms in total. The van der Waals surface area contributed by atoms with Gasteiger partial charge in [0.05, 0.1) is 7.11 Å². The molecule has 0 amide bonds. The Balaban J connectivity index is 2.21. The van der Waals surface area contributed by atoms with Crippen molar-refractivity contribution in [3.8, 4) is 5.75 Å². The van der Waals surface area contributed by atoms with Crippen molar-refractivity contribution in [2.45, 2.75) is 26.2 Å². The van der Waals surface area contributed by atoms with E-state index in [9.17, 15) is 0 Å². The highest BCUT2D eigenvalue weighted by Crippen LogP contribution is 2.30. The molecule has 0 spiro atoms. The molecule has 0 saturated heterocycles. The normalized spacial score (nSPS) is 20.9. The fraction of sp³-hybridized carbons (Fsp3) is 0.429. The molecule has 1 atom stereocenters. The third kappa shape index (κ3) is 2.41. The lowest BCUT2D eigenvalue weighted by Gasteiger charge is -2.18. The number of rotatable bonds is 2. The molecule has 0 saturated carbocycles.